The molecule has 0 aliphatic rings. The maximum absolute atomic E-state index is 14.3. The number of hydrogen-bond acceptors (Lipinski definition) is 4. The molecule has 0 atom stereocenters. The third kappa shape index (κ3) is 5.92. The molecule has 0 spiro atoms. The number of nitrogens with zero attached hydrogens (tertiary/aromatic N) is 2. The number of benzene rings is 1. The normalized spacial score (nSPS) is 11.1. The smallest absolute Gasteiger partial charge is 0.216 e. The van der Waals surface area contributed by atoms with Crippen LogP contribution in [0.5, 0.6) is 0 Å². The van der Waals surface area contributed by atoms with E-state index in [1.807, 2.05) is 13.8 Å². The summed E-state index contributed by atoms with van der Waals surface area (Å²) < 4.78 is 16.4. The summed E-state index contributed by atoms with van der Waals surface area (Å²) in [5, 5.41) is 3.46. The van der Waals surface area contributed by atoms with E-state index < -0.39 is 5.82 Å². The molecule has 0 fully saturated rings. The summed E-state index contributed by atoms with van der Waals surface area (Å²) in [5.41, 5.74) is 2.91. The number of carbonyl (C=O) groups is 2. The number of Topliss-reactive ketones (excluding diaryl/α,β-unsaturated/α-hetero) is 1. The Hall–Kier alpha value is -2.15. The van der Waals surface area contributed by atoms with Crippen LogP contribution in [0.25, 0.3) is 0 Å². The molecule has 0 saturated carbocycles. The van der Waals surface area contributed by atoms with Gasteiger partial charge in [0.1, 0.15) is 5.82 Å². The molecule has 1 aromatic carbocycles. The number of nitrogens with one attached hydrogen (secondary N) is 1. The van der Waals surface area contributed by atoms with Crippen molar-refractivity contribution in [1.82, 2.24) is 14.9 Å². The van der Waals surface area contributed by atoms with Crippen LogP contribution in [0.1, 0.15) is 48.1 Å². The molecular formula is C21H28FN3O2S. The largest absolute Gasteiger partial charge is 0.356 e. The van der Waals surface area contributed by atoms with E-state index in [0.29, 0.717) is 30.0 Å². The molecule has 0 aliphatic heterocycles. The number of ketones is 1. The first-order valence-electron chi connectivity index (χ1n) is 9.41. The van der Waals surface area contributed by atoms with Crippen LogP contribution in [-0.4, -0.2) is 33.5 Å². The SMILES string of the molecule is CC(=O)NCCc1ccc(C(=O)CSc2nc(C)c(C)n2CC(C)C)cc1F. The Morgan fingerprint density at radius 1 is 1.29 bits per heavy atom. The zero-order valence-corrected chi connectivity index (χ0v) is 18.0. The molecule has 5 nitrogen and oxygen atoms in total. The van der Waals surface area contributed by atoms with Crippen LogP contribution in [0.15, 0.2) is 23.4 Å². The molecule has 2 aromatic rings. The van der Waals surface area contributed by atoms with Crippen molar-refractivity contribution in [2.75, 3.05) is 12.3 Å². The topological polar surface area (TPSA) is 64.0 Å². The first-order chi connectivity index (χ1) is 13.2. The number of imidazole rings is 1. The van der Waals surface area contributed by atoms with Gasteiger partial charge in [-0.05, 0) is 37.8 Å². The number of hydrogen-bond donors (Lipinski definition) is 1. The number of aromatic nitrogens is 2. The van der Waals surface area contributed by atoms with Gasteiger partial charge in [0.2, 0.25) is 5.91 Å². The average Bonchev–Trinajstić information content (AvgIpc) is 2.88. The van der Waals surface area contributed by atoms with Crippen LogP contribution in [0.2, 0.25) is 0 Å². The molecule has 0 saturated heterocycles. The highest BCUT2D eigenvalue weighted by atomic mass is 32.2. The van der Waals surface area contributed by atoms with E-state index in [4.69, 9.17) is 0 Å². The van der Waals surface area contributed by atoms with E-state index in [1.54, 1.807) is 12.1 Å². The summed E-state index contributed by atoms with van der Waals surface area (Å²) in [6, 6.07) is 4.54. The minimum atomic E-state index is -0.422. The lowest BCUT2D eigenvalue weighted by molar-refractivity contribution is -0.118. The maximum Gasteiger partial charge on any atom is 0.216 e. The van der Waals surface area contributed by atoms with E-state index in [-0.39, 0.29) is 17.4 Å². The van der Waals surface area contributed by atoms with Gasteiger partial charge < -0.3 is 9.88 Å². The minimum absolute atomic E-state index is 0.133. The monoisotopic (exact) mass is 405 g/mol. The Kier molecular flexibility index (Phi) is 7.80. The summed E-state index contributed by atoms with van der Waals surface area (Å²) in [6.07, 6.45) is 0.389. The van der Waals surface area contributed by atoms with E-state index >= 15 is 0 Å². The zero-order chi connectivity index (χ0) is 20.8. The number of carbonyl (C=O) groups excluding carboxylic acids is 2. The average molecular weight is 406 g/mol. The molecule has 0 aliphatic carbocycles. The van der Waals surface area contributed by atoms with Gasteiger partial charge in [-0.3, -0.25) is 9.59 Å². The van der Waals surface area contributed by atoms with Gasteiger partial charge in [-0.1, -0.05) is 37.7 Å². The molecule has 7 heteroatoms. The predicted molar refractivity (Wildman–Crippen MR) is 110 cm³/mol. The third-order valence-corrected chi connectivity index (χ3v) is 5.42. The standard InChI is InChI=1S/C21H28FN3O2S/c1-13(2)11-25-15(4)14(3)24-21(25)28-12-20(27)18-7-6-17(19(22)10-18)8-9-23-16(5)26/h6-7,10,13H,8-9,11-12H2,1-5H3,(H,23,26). The summed E-state index contributed by atoms with van der Waals surface area (Å²) in [4.78, 5) is 28.0. The number of aryl methyl sites for hydroxylation is 1. The minimum Gasteiger partial charge on any atom is -0.356 e. The Morgan fingerprint density at radius 3 is 2.61 bits per heavy atom. The molecule has 1 heterocycles. The van der Waals surface area contributed by atoms with Crippen LogP contribution >= 0.6 is 11.8 Å². The molecule has 152 valence electrons. The van der Waals surface area contributed by atoms with Crippen molar-refractivity contribution in [2.45, 2.75) is 52.7 Å². The Balaban J connectivity index is 2.03. The molecule has 2 rings (SSSR count). The van der Waals surface area contributed by atoms with Crippen molar-refractivity contribution in [3.05, 3.63) is 46.5 Å². The second-order valence-electron chi connectivity index (χ2n) is 7.32. The maximum atomic E-state index is 14.3. The van der Waals surface area contributed by atoms with Gasteiger partial charge in [0, 0.05) is 31.3 Å². The van der Waals surface area contributed by atoms with Crippen molar-refractivity contribution in [3.63, 3.8) is 0 Å². The van der Waals surface area contributed by atoms with Gasteiger partial charge in [-0.25, -0.2) is 9.37 Å². The van der Waals surface area contributed by atoms with Crippen molar-refractivity contribution in [3.8, 4) is 0 Å². The second-order valence-corrected chi connectivity index (χ2v) is 8.26. The number of thioether (sulfide) groups is 1. The van der Waals surface area contributed by atoms with Gasteiger partial charge in [0.15, 0.2) is 10.9 Å². The van der Waals surface area contributed by atoms with Crippen molar-refractivity contribution in [2.24, 2.45) is 5.92 Å². The third-order valence-electron chi connectivity index (χ3n) is 4.45. The fourth-order valence-corrected chi connectivity index (χ4v) is 3.82. The highest BCUT2D eigenvalue weighted by molar-refractivity contribution is 7.99. The highest BCUT2D eigenvalue weighted by Crippen LogP contribution is 2.24. The lowest BCUT2D eigenvalue weighted by atomic mass is 10.1. The summed E-state index contributed by atoms with van der Waals surface area (Å²) in [7, 11) is 0. The summed E-state index contributed by atoms with van der Waals surface area (Å²) >= 11 is 1.39. The van der Waals surface area contributed by atoms with Gasteiger partial charge in [-0.15, -0.1) is 0 Å². The summed E-state index contributed by atoms with van der Waals surface area (Å²) in [5.74, 6) is -0.0218. The second kappa shape index (κ2) is 9.87. The first kappa shape index (κ1) is 22.1. The fourth-order valence-electron chi connectivity index (χ4n) is 2.82. The predicted octanol–water partition coefficient (Wildman–Crippen LogP) is 3.95. The molecule has 1 N–H and O–H groups in total. The lowest BCUT2D eigenvalue weighted by Crippen LogP contribution is -2.22. The number of amides is 1. The zero-order valence-electron chi connectivity index (χ0n) is 17.1. The van der Waals surface area contributed by atoms with E-state index in [1.165, 1.54) is 24.8 Å². The molecular weight excluding hydrogens is 377 g/mol. The van der Waals surface area contributed by atoms with Crippen LogP contribution in [0.3, 0.4) is 0 Å². The Morgan fingerprint density at radius 2 is 2.00 bits per heavy atom. The van der Waals surface area contributed by atoms with E-state index in [9.17, 15) is 14.0 Å². The van der Waals surface area contributed by atoms with E-state index in [0.717, 1.165) is 23.1 Å². The molecule has 1 aromatic heterocycles. The number of halogens is 1. The highest BCUT2D eigenvalue weighted by Gasteiger charge is 2.16. The van der Waals surface area contributed by atoms with Gasteiger partial charge in [-0.2, -0.15) is 0 Å². The van der Waals surface area contributed by atoms with Crippen molar-refractivity contribution < 1.29 is 14.0 Å². The molecule has 28 heavy (non-hydrogen) atoms. The van der Waals surface area contributed by atoms with Gasteiger partial charge in [0.05, 0.1) is 11.4 Å². The van der Waals surface area contributed by atoms with Gasteiger partial charge in [0.25, 0.3) is 0 Å². The van der Waals surface area contributed by atoms with Crippen LogP contribution in [0.4, 0.5) is 4.39 Å². The lowest BCUT2D eigenvalue weighted by Gasteiger charge is -2.12. The molecule has 0 radical (unpaired) electrons. The number of rotatable bonds is 9. The molecule has 0 bridgehead atoms. The molecule has 0 unspecified atom stereocenters. The quantitative estimate of drug-likeness (QED) is 0.507. The van der Waals surface area contributed by atoms with Crippen molar-refractivity contribution >= 4 is 23.5 Å². The Bertz CT molecular complexity index is 862. The molecule has 1 amide bonds. The van der Waals surface area contributed by atoms with E-state index in [2.05, 4.69) is 28.7 Å². The van der Waals surface area contributed by atoms with Crippen LogP contribution in [0, 0.1) is 25.6 Å². The van der Waals surface area contributed by atoms with Crippen molar-refractivity contribution in [1.29, 1.82) is 0 Å². The van der Waals surface area contributed by atoms with Gasteiger partial charge >= 0.3 is 0 Å². The van der Waals surface area contributed by atoms with Crippen LogP contribution in [-0.2, 0) is 17.8 Å². The summed E-state index contributed by atoms with van der Waals surface area (Å²) in [6.45, 7) is 10.9. The Labute approximate surface area is 170 Å². The van der Waals surface area contributed by atoms with Crippen LogP contribution < -0.4 is 5.32 Å². The fraction of sp³-hybridized carbons (Fsp3) is 0.476. The first-order valence-corrected chi connectivity index (χ1v) is 10.4.